The summed E-state index contributed by atoms with van der Waals surface area (Å²) < 4.78 is 11.0. The van der Waals surface area contributed by atoms with Gasteiger partial charge < -0.3 is 14.4 Å². The number of carbonyl (C=O) groups is 1. The number of rotatable bonds is 9. The minimum atomic E-state index is -0.752. The Morgan fingerprint density at radius 3 is 2.21 bits per heavy atom. The van der Waals surface area contributed by atoms with Gasteiger partial charge in [-0.3, -0.25) is 4.79 Å². The third kappa shape index (κ3) is 5.07. The molecule has 3 aromatic carbocycles. The third-order valence-corrected chi connectivity index (χ3v) is 7.43. The number of benzene rings is 3. The van der Waals surface area contributed by atoms with E-state index in [2.05, 4.69) is 17.3 Å². The van der Waals surface area contributed by atoms with Crippen LogP contribution in [-0.2, 0) is 14.9 Å². The Bertz CT molecular complexity index is 1410. The molecule has 5 rings (SSSR count). The average molecular weight is 508 g/mol. The Balaban J connectivity index is 1.33. The Morgan fingerprint density at radius 2 is 1.61 bits per heavy atom. The van der Waals surface area contributed by atoms with Crippen molar-refractivity contribution in [2.75, 3.05) is 6.61 Å². The van der Waals surface area contributed by atoms with E-state index in [0.717, 1.165) is 40.7 Å². The molecule has 5 nitrogen and oxygen atoms in total. The van der Waals surface area contributed by atoms with Crippen LogP contribution in [0.5, 0.6) is 0 Å². The van der Waals surface area contributed by atoms with Gasteiger partial charge >= 0.3 is 5.97 Å². The molecule has 5 heteroatoms. The lowest BCUT2D eigenvalue weighted by Gasteiger charge is -2.16. The largest absolute Gasteiger partial charge is 0.465 e. The summed E-state index contributed by atoms with van der Waals surface area (Å²) in [5, 5.41) is 15.4. The number of hydrogen-bond donors (Lipinski definition) is 1. The first-order valence-electron chi connectivity index (χ1n) is 13.2. The predicted octanol–water partition coefficient (Wildman–Crippen LogP) is 7.29. The number of aliphatic hydroxyl groups is 1. The lowest BCUT2D eigenvalue weighted by atomic mass is 9.92. The van der Waals surface area contributed by atoms with Gasteiger partial charge in [0.1, 0.15) is 0 Å². The van der Waals surface area contributed by atoms with E-state index in [4.69, 9.17) is 9.26 Å². The molecule has 0 saturated heterocycles. The zero-order valence-electron chi connectivity index (χ0n) is 22.1. The number of esters is 1. The van der Waals surface area contributed by atoms with Gasteiger partial charge in [-0.25, -0.2) is 0 Å². The lowest BCUT2D eigenvalue weighted by molar-refractivity contribution is -0.146. The van der Waals surface area contributed by atoms with Crippen LogP contribution in [0, 0.1) is 12.8 Å². The van der Waals surface area contributed by atoms with Gasteiger partial charge in [0.25, 0.3) is 0 Å². The Kier molecular flexibility index (Phi) is 7.30. The van der Waals surface area contributed by atoms with E-state index in [1.807, 2.05) is 99.7 Å². The summed E-state index contributed by atoms with van der Waals surface area (Å²) in [6.07, 6.45) is 4.96. The van der Waals surface area contributed by atoms with Gasteiger partial charge in [-0.2, -0.15) is 0 Å². The maximum Gasteiger partial charge on any atom is 0.316 e. The van der Waals surface area contributed by atoms with E-state index in [-0.39, 0.29) is 11.9 Å². The van der Waals surface area contributed by atoms with Crippen molar-refractivity contribution >= 4 is 12.0 Å². The second-order valence-electron chi connectivity index (χ2n) is 10.0. The Labute approximate surface area is 223 Å². The maximum atomic E-state index is 12.4. The van der Waals surface area contributed by atoms with Crippen LogP contribution < -0.4 is 0 Å². The number of ether oxygens (including phenoxy) is 1. The van der Waals surface area contributed by atoms with Crippen LogP contribution in [0.3, 0.4) is 0 Å². The molecule has 2 unspecified atom stereocenters. The molecule has 1 N–H and O–H groups in total. The topological polar surface area (TPSA) is 72.6 Å². The molecule has 1 heterocycles. The van der Waals surface area contributed by atoms with E-state index in [1.54, 1.807) is 0 Å². The van der Waals surface area contributed by atoms with Crippen molar-refractivity contribution in [3.63, 3.8) is 0 Å². The highest BCUT2D eigenvalue weighted by Crippen LogP contribution is 2.49. The molecule has 1 aromatic heterocycles. The molecule has 0 bridgehead atoms. The molecule has 1 fully saturated rings. The van der Waals surface area contributed by atoms with Gasteiger partial charge in [-0.05, 0) is 48.9 Å². The summed E-state index contributed by atoms with van der Waals surface area (Å²) >= 11 is 0. The van der Waals surface area contributed by atoms with Gasteiger partial charge in [-0.1, -0.05) is 103 Å². The molecule has 1 aliphatic rings. The normalized spacial score (nSPS) is 15.8. The van der Waals surface area contributed by atoms with Crippen molar-refractivity contribution in [1.29, 1.82) is 0 Å². The summed E-state index contributed by atoms with van der Waals surface area (Å²) in [5.74, 6) is 0.332. The molecule has 0 spiro atoms. The quantitative estimate of drug-likeness (QED) is 0.241. The van der Waals surface area contributed by atoms with Crippen molar-refractivity contribution < 1.29 is 19.2 Å². The lowest BCUT2D eigenvalue weighted by Crippen LogP contribution is -2.23. The number of carbonyl (C=O) groups excluding carboxylic acids is 1. The predicted molar refractivity (Wildman–Crippen MR) is 149 cm³/mol. The smallest absolute Gasteiger partial charge is 0.316 e. The molecule has 1 saturated carbocycles. The fourth-order valence-corrected chi connectivity index (χ4v) is 4.93. The summed E-state index contributed by atoms with van der Waals surface area (Å²) in [4.78, 5) is 12.4. The minimum Gasteiger partial charge on any atom is -0.465 e. The zero-order chi connectivity index (χ0) is 26.7. The van der Waals surface area contributed by atoms with Crippen molar-refractivity contribution in [1.82, 2.24) is 5.16 Å². The zero-order valence-corrected chi connectivity index (χ0v) is 22.1. The van der Waals surface area contributed by atoms with E-state index in [0.29, 0.717) is 23.6 Å². The SMILES string of the molecule is CCOC(=O)C1(c2ccc(-c3ccc(-c4onc(C)c4C(O)C(C)/C=C/c4ccccc4)cc3)cc2)CC1. The van der Waals surface area contributed by atoms with Crippen molar-refractivity contribution in [2.45, 2.75) is 45.1 Å². The standard InChI is InChI=1S/C33H33NO4/c1-4-37-32(36)33(20-21-33)28-18-16-26(17-19-28)25-12-14-27(15-13-25)31-29(23(3)34-38-31)30(35)22(2)10-11-24-8-6-5-7-9-24/h5-19,22,30,35H,4,20-21H2,1-3H3/b11-10+. The van der Waals surface area contributed by atoms with Gasteiger partial charge in [0.2, 0.25) is 0 Å². The van der Waals surface area contributed by atoms with Crippen LogP contribution in [-0.4, -0.2) is 22.8 Å². The molecule has 0 radical (unpaired) electrons. The molecule has 4 aromatic rings. The van der Waals surface area contributed by atoms with E-state index >= 15 is 0 Å². The van der Waals surface area contributed by atoms with E-state index < -0.39 is 11.5 Å². The number of hydrogen-bond acceptors (Lipinski definition) is 5. The Morgan fingerprint density at radius 1 is 1.00 bits per heavy atom. The molecular weight excluding hydrogens is 474 g/mol. The van der Waals surface area contributed by atoms with E-state index in [1.165, 1.54) is 0 Å². The maximum absolute atomic E-state index is 12.4. The van der Waals surface area contributed by atoms with Crippen LogP contribution in [0.15, 0.2) is 89.5 Å². The highest BCUT2D eigenvalue weighted by Gasteiger charge is 2.52. The molecule has 194 valence electrons. The molecule has 0 aliphatic heterocycles. The van der Waals surface area contributed by atoms with Gasteiger partial charge in [0.15, 0.2) is 5.76 Å². The third-order valence-electron chi connectivity index (χ3n) is 7.43. The van der Waals surface area contributed by atoms with Crippen LogP contribution in [0.4, 0.5) is 0 Å². The van der Waals surface area contributed by atoms with Gasteiger partial charge in [0, 0.05) is 11.5 Å². The van der Waals surface area contributed by atoms with Crippen LogP contribution >= 0.6 is 0 Å². The molecule has 0 amide bonds. The summed E-state index contributed by atoms with van der Waals surface area (Å²) in [7, 11) is 0. The number of nitrogens with zero attached hydrogens (tertiary/aromatic N) is 1. The van der Waals surface area contributed by atoms with Crippen molar-refractivity contribution in [2.24, 2.45) is 5.92 Å². The van der Waals surface area contributed by atoms with Crippen molar-refractivity contribution in [3.8, 4) is 22.5 Å². The highest BCUT2D eigenvalue weighted by molar-refractivity contribution is 5.87. The fraction of sp³-hybridized carbons (Fsp3) is 0.273. The number of aryl methyl sites for hydroxylation is 1. The number of aliphatic hydroxyl groups excluding tert-OH is 1. The summed E-state index contributed by atoms with van der Waals surface area (Å²) in [6, 6.07) is 26.3. The first kappa shape index (κ1) is 25.7. The number of aromatic nitrogens is 1. The summed E-state index contributed by atoms with van der Waals surface area (Å²) in [5.41, 5.74) is 6.01. The highest BCUT2D eigenvalue weighted by atomic mass is 16.5. The second-order valence-corrected chi connectivity index (χ2v) is 10.0. The molecule has 2 atom stereocenters. The van der Waals surface area contributed by atoms with Gasteiger partial charge in [-0.15, -0.1) is 0 Å². The molecular formula is C33H33NO4. The fourth-order valence-electron chi connectivity index (χ4n) is 4.93. The van der Waals surface area contributed by atoms with Crippen LogP contribution in [0.1, 0.15) is 55.2 Å². The first-order chi connectivity index (χ1) is 18.4. The van der Waals surface area contributed by atoms with Crippen LogP contribution in [0.25, 0.3) is 28.5 Å². The Hall–Kier alpha value is -3.96. The summed E-state index contributed by atoms with van der Waals surface area (Å²) in [6.45, 7) is 6.09. The average Bonchev–Trinajstić information content (AvgIpc) is 3.68. The van der Waals surface area contributed by atoms with E-state index in [9.17, 15) is 9.90 Å². The second kappa shape index (κ2) is 10.8. The van der Waals surface area contributed by atoms with Gasteiger partial charge in [0.05, 0.1) is 29.4 Å². The first-order valence-corrected chi connectivity index (χ1v) is 13.2. The van der Waals surface area contributed by atoms with Crippen LogP contribution in [0.2, 0.25) is 0 Å². The molecule has 1 aliphatic carbocycles. The minimum absolute atomic E-state index is 0.123. The molecule has 38 heavy (non-hydrogen) atoms. The van der Waals surface area contributed by atoms with Crippen molar-refractivity contribution in [3.05, 3.63) is 107 Å². The monoisotopic (exact) mass is 507 g/mol.